The van der Waals surface area contributed by atoms with E-state index in [4.69, 9.17) is 5.11 Å². The highest BCUT2D eigenvalue weighted by molar-refractivity contribution is 5.36. The zero-order chi connectivity index (χ0) is 10.9. The molecule has 0 atom stereocenters. The van der Waals surface area contributed by atoms with Crippen LogP contribution in [0, 0.1) is 12.7 Å². The summed E-state index contributed by atoms with van der Waals surface area (Å²) in [6.45, 7) is 2.54. The van der Waals surface area contributed by atoms with Gasteiger partial charge in [-0.1, -0.05) is 0 Å². The largest absolute Gasteiger partial charge is 0.416 e. The summed E-state index contributed by atoms with van der Waals surface area (Å²) >= 11 is 0. The molecule has 0 fully saturated rings. The van der Waals surface area contributed by atoms with Crippen LogP contribution in [0.2, 0.25) is 0 Å². The molecule has 0 heterocycles. The van der Waals surface area contributed by atoms with Gasteiger partial charge in [0.1, 0.15) is 5.82 Å². The second kappa shape index (κ2) is 3.57. The van der Waals surface area contributed by atoms with Crippen molar-refractivity contribution in [2.45, 2.75) is 12.8 Å². The van der Waals surface area contributed by atoms with Crippen LogP contribution in [-0.2, 0) is 12.8 Å². The van der Waals surface area contributed by atoms with Gasteiger partial charge in [0.25, 0.3) is 0 Å². The van der Waals surface area contributed by atoms with E-state index in [0.29, 0.717) is 12.1 Å². The van der Waals surface area contributed by atoms with Crippen molar-refractivity contribution in [3.63, 3.8) is 0 Å². The molecular weight excluding hydrogens is 200 g/mol. The van der Waals surface area contributed by atoms with Gasteiger partial charge in [0.05, 0.1) is 12.2 Å². The van der Waals surface area contributed by atoms with Crippen LogP contribution in [-0.4, -0.2) is 5.11 Å². The molecule has 0 unspecified atom stereocenters. The van der Waals surface area contributed by atoms with Gasteiger partial charge in [-0.2, -0.15) is 13.2 Å². The molecule has 0 aliphatic heterocycles. The first-order valence-corrected chi connectivity index (χ1v) is 3.68. The van der Waals surface area contributed by atoms with Gasteiger partial charge in [-0.05, 0) is 30.2 Å². The minimum absolute atomic E-state index is 0.155. The van der Waals surface area contributed by atoms with Gasteiger partial charge < -0.3 is 5.11 Å². The molecule has 77 valence electrons. The molecular formula is C9H7F4O. The first-order chi connectivity index (χ1) is 6.36. The Bertz CT molecular complexity index is 343. The minimum atomic E-state index is -4.61. The number of alkyl halides is 3. The second-order valence-corrected chi connectivity index (χ2v) is 2.75. The Morgan fingerprint density at radius 1 is 1.29 bits per heavy atom. The van der Waals surface area contributed by atoms with Crippen LogP contribution in [0.3, 0.4) is 0 Å². The standard InChI is InChI=1S/C9H7F4O/c1-5-6(4-14)2-7(3-8(5)10)9(11,12)13/h2-3,14H,1,4H2. The van der Waals surface area contributed by atoms with E-state index in [2.05, 4.69) is 6.92 Å². The van der Waals surface area contributed by atoms with E-state index in [-0.39, 0.29) is 11.1 Å². The molecule has 14 heavy (non-hydrogen) atoms. The molecule has 1 aromatic rings. The monoisotopic (exact) mass is 207 g/mol. The van der Waals surface area contributed by atoms with Gasteiger partial charge in [-0.3, -0.25) is 0 Å². The SMILES string of the molecule is [CH2]c1c(F)cc(C(F)(F)F)cc1CO. The van der Waals surface area contributed by atoms with Gasteiger partial charge in [0.15, 0.2) is 0 Å². The third kappa shape index (κ3) is 2.04. The molecule has 0 spiro atoms. The number of rotatable bonds is 1. The lowest BCUT2D eigenvalue weighted by Gasteiger charge is -2.10. The maximum Gasteiger partial charge on any atom is 0.416 e. The van der Waals surface area contributed by atoms with Gasteiger partial charge in [-0.15, -0.1) is 0 Å². The molecule has 1 N–H and O–H groups in total. The summed E-state index contributed by atoms with van der Waals surface area (Å²) in [6, 6.07) is 1.05. The molecule has 1 aromatic carbocycles. The molecule has 0 aliphatic carbocycles. The molecule has 1 radical (unpaired) electrons. The summed E-state index contributed by atoms with van der Waals surface area (Å²) in [5.74, 6) is -1.07. The van der Waals surface area contributed by atoms with Crippen molar-refractivity contribution in [2.75, 3.05) is 0 Å². The van der Waals surface area contributed by atoms with Crippen LogP contribution < -0.4 is 0 Å². The number of aliphatic hydroxyl groups is 1. The van der Waals surface area contributed by atoms with Crippen molar-refractivity contribution in [3.8, 4) is 0 Å². The van der Waals surface area contributed by atoms with Crippen LogP contribution in [0.5, 0.6) is 0 Å². The van der Waals surface area contributed by atoms with Crippen molar-refractivity contribution in [3.05, 3.63) is 41.6 Å². The predicted molar refractivity (Wildman–Crippen MR) is 41.8 cm³/mol. The fourth-order valence-electron chi connectivity index (χ4n) is 0.998. The Kier molecular flexibility index (Phi) is 2.80. The van der Waals surface area contributed by atoms with E-state index < -0.39 is 24.2 Å². The number of hydrogen-bond donors (Lipinski definition) is 1. The van der Waals surface area contributed by atoms with Crippen molar-refractivity contribution in [1.29, 1.82) is 0 Å². The highest BCUT2D eigenvalue weighted by Gasteiger charge is 2.31. The number of aliphatic hydroxyl groups excluding tert-OH is 1. The van der Waals surface area contributed by atoms with E-state index in [1.165, 1.54) is 0 Å². The Morgan fingerprint density at radius 2 is 1.86 bits per heavy atom. The number of benzene rings is 1. The quantitative estimate of drug-likeness (QED) is 0.701. The topological polar surface area (TPSA) is 20.2 Å². The molecule has 0 saturated heterocycles. The van der Waals surface area contributed by atoms with Gasteiger partial charge >= 0.3 is 6.18 Å². The van der Waals surface area contributed by atoms with Crippen LogP contribution >= 0.6 is 0 Å². The zero-order valence-corrected chi connectivity index (χ0v) is 7.03. The third-order valence-corrected chi connectivity index (χ3v) is 1.79. The number of halogens is 4. The normalized spacial score (nSPS) is 11.9. The van der Waals surface area contributed by atoms with Crippen LogP contribution in [0.4, 0.5) is 17.6 Å². The van der Waals surface area contributed by atoms with Crippen molar-refractivity contribution < 1.29 is 22.7 Å². The summed E-state index contributed by atoms with van der Waals surface area (Å²) in [6.07, 6.45) is -4.61. The van der Waals surface area contributed by atoms with Crippen molar-refractivity contribution >= 4 is 0 Å². The fraction of sp³-hybridized carbons (Fsp3) is 0.222. The average molecular weight is 207 g/mol. The molecule has 0 saturated carbocycles. The zero-order valence-electron chi connectivity index (χ0n) is 7.03. The molecule has 1 nitrogen and oxygen atoms in total. The number of hydrogen-bond acceptors (Lipinski definition) is 1. The first-order valence-electron chi connectivity index (χ1n) is 3.68. The Labute approximate surface area is 78.0 Å². The van der Waals surface area contributed by atoms with Gasteiger partial charge in [-0.25, -0.2) is 4.39 Å². The minimum Gasteiger partial charge on any atom is -0.392 e. The molecule has 1 rings (SSSR count). The maximum atomic E-state index is 12.9. The molecule has 5 heteroatoms. The summed E-state index contributed by atoms with van der Waals surface area (Å²) in [5.41, 5.74) is -1.48. The Morgan fingerprint density at radius 3 is 2.29 bits per heavy atom. The summed E-state index contributed by atoms with van der Waals surface area (Å²) in [4.78, 5) is 0. The van der Waals surface area contributed by atoms with E-state index in [1.54, 1.807) is 0 Å². The third-order valence-electron chi connectivity index (χ3n) is 1.79. The first kappa shape index (κ1) is 11.0. The maximum absolute atomic E-state index is 12.9. The Hall–Kier alpha value is -1.10. The van der Waals surface area contributed by atoms with Crippen molar-refractivity contribution in [2.24, 2.45) is 0 Å². The molecule has 0 bridgehead atoms. The predicted octanol–water partition coefficient (Wildman–Crippen LogP) is 2.52. The van der Waals surface area contributed by atoms with E-state index in [9.17, 15) is 17.6 Å². The smallest absolute Gasteiger partial charge is 0.392 e. The fourth-order valence-corrected chi connectivity index (χ4v) is 0.998. The summed E-state index contributed by atoms with van der Waals surface area (Å²) < 4.78 is 49.3. The summed E-state index contributed by atoms with van der Waals surface area (Å²) in [5, 5.41) is 8.66. The van der Waals surface area contributed by atoms with E-state index >= 15 is 0 Å². The average Bonchev–Trinajstić information content (AvgIpc) is 2.07. The Balaban J connectivity index is 3.30. The van der Waals surface area contributed by atoms with Crippen LogP contribution in [0.25, 0.3) is 0 Å². The lowest BCUT2D eigenvalue weighted by Crippen LogP contribution is -2.08. The molecule has 0 aromatic heterocycles. The van der Waals surface area contributed by atoms with Gasteiger partial charge in [0.2, 0.25) is 0 Å². The van der Waals surface area contributed by atoms with E-state index in [1.807, 2.05) is 0 Å². The van der Waals surface area contributed by atoms with Crippen LogP contribution in [0.15, 0.2) is 12.1 Å². The van der Waals surface area contributed by atoms with Gasteiger partial charge in [0, 0.05) is 0 Å². The highest BCUT2D eigenvalue weighted by Crippen LogP contribution is 2.31. The van der Waals surface area contributed by atoms with Crippen LogP contribution in [0.1, 0.15) is 16.7 Å². The summed E-state index contributed by atoms with van der Waals surface area (Å²) in [7, 11) is 0. The van der Waals surface area contributed by atoms with E-state index in [0.717, 1.165) is 0 Å². The second-order valence-electron chi connectivity index (χ2n) is 2.75. The highest BCUT2D eigenvalue weighted by atomic mass is 19.4. The van der Waals surface area contributed by atoms with Crippen molar-refractivity contribution in [1.82, 2.24) is 0 Å². The molecule has 0 aliphatic rings. The lowest BCUT2D eigenvalue weighted by atomic mass is 10.0. The molecule has 0 amide bonds. The lowest BCUT2D eigenvalue weighted by molar-refractivity contribution is -0.137.